The molecule has 28 heavy (non-hydrogen) atoms. The molecular weight excluding hydrogens is 361 g/mol. The van der Waals surface area contributed by atoms with Gasteiger partial charge in [-0.05, 0) is 44.7 Å². The highest BCUT2D eigenvalue weighted by Gasteiger charge is 2.14. The third kappa shape index (κ3) is 6.34. The maximum absolute atomic E-state index is 14.6. The molecule has 7 heteroatoms. The smallest absolute Gasteiger partial charge is 0.269 e. The van der Waals surface area contributed by atoms with Crippen LogP contribution in [0.4, 0.5) is 4.39 Å². The maximum Gasteiger partial charge on any atom is 0.269 e. The topological polar surface area (TPSA) is 65.4 Å². The summed E-state index contributed by atoms with van der Waals surface area (Å²) in [7, 11) is 1.72. The second kappa shape index (κ2) is 11.4. The minimum Gasteiger partial charge on any atom is -0.491 e. The van der Waals surface area contributed by atoms with E-state index in [4.69, 9.17) is 9.47 Å². The van der Waals surface area contributed by atoms with Crippen molar-refractivity contribution < 1.29 is 18.7 Å². The Kier molecular flexibility index (Phi) is 8.94. The number of aryl methyl sites for hydroxylation is 2. The molecule has 1 amide bonds. The summed E-state index contributed by atoms with van der Waals surface area (Å²) in [6.07, 6.45) is 3.54. The molecule has 0 radical (unpaired) electrons. The van der Waals surface area contributed by atoms with Gasteiger partial charge in [0.05, 0.1) is 12.3 Å². The Morgan fingerprint density at radius 2 is 2.00 bits per heavy atom. The summed E-state index contributed by atoms with van der Waals surface area (Å²) in [5.74, 6) is -0.503. The van der Waals surface area contributed by atoms with E-state index in [1.54, 1.807) is 31.3 Å². The third-order valence-corrected chi connectivity index (χ3v) is 4.40. The first kappa shape index (κ1) is 21.9. The number of amides is 1. The lowest BCUT2D eigenvalue weighted by atomic mass is 10.2. The van der Waals surface area contributed by atoms with Gasteiger partial charge >= 0.3 is 0 Å². The largest absolute Gasteiger partial charge is 0.491 e. The molecule has 6 nitrogen and oxygen atoms in total. The van der Waals surface area contributed by atoms with Gasteiger partial charge in [-0.15, -0.1) is 0 Å². The summed E-state index contributed by atoms with van der Waals surface area (Å²) in [5.41, 5.74) is 1.69. The predicted octanol–water partition coefficient (Wildman–Crippen LogP) is 3.64. The van der Waals surface area contributed by atoms with Gasteiger partial charge in [0.2, 0.25) is 0 Å². The lowest BCUT2D eigenvalue weighted by Gasteiger charge is -2.11. The van der Waals surface area contributed by atoms with E-state index < -0.39 is 5.82 Å². The van der Waals surface area contributed by atoms with Crippen LogP contribution < -0.4 is 10.1 Å². The number of halogens is 1. The molecule has 0 unspecified atom stereocenters. The van der Waals surface area contributed by atoms with Crippen molar-refractivity contribution in [3.05, 3.63) is 47.0 Å². The van der Waals surface area contributed by atoms with Gasteiger partial charge in [-0.25, -0.2) is 4.39 Å². The van der Waals surface area contributed by atoms with Crippen molar-refractivity contribution in [3.8, 4) is 5.75 Å². The molecule has 1 aromatic heterocycles. The zero-order valence-electron chi connectivity index (χ0n) is 17.0. The van der Waals surface area contributed by atoms with E-state index in [9.17, 15) is 9.18 Å². The van der Waals surface area contributed by atoms with Crippen LogP contribution in [0.15, 0.2) is 24.3 Å². The number of benzene rings is 1. The highest BCUT2D eigenvalue weighted by atomic mass is 19.1. The van der Waals surface area contributed by atoms with Gasteiger partial charge in [0.1, 0.15) is 5.69 Å². The number of nitrogens with zero attached hydrogens (tertiary/aromatic N) is 2. The third-order valence-electron chi connectivity index (χ3n) is 4.40. The molecule has 0 saturated carbocycles. The molecule has 1 N–H and O–H groups in total. The van der Waals surface area contributed by atoms with E-state index in [0.29, 0.717) is 17.9 Å². The van der Waals surface area contributed by atoms with E-state index in [0.717, 1.165) is 44.6 Å². The Labute approximate surface area is 166 Å². The van der Waals surface area contributed by atoms with E-state index in [-0.39, 0.29) is 18.2 Å². The number of ether oxygens (including phenoxy) is 2. The maximum atomic E-state index is 14.6. The second-order valence-electron chi connectivity index (χ2n) is 6.52. The van der Waals surface area contributed by atoms with Crippen molar-refractivity contribution in [2.45, 2.75) is 46.1 Å². The Morgan fingerprint density at radius 3 is 2.71 bits per heavy atom. The van der Waals surface area contributed by atoms with Gasteiger partial charge in [-0.1, -0.05) is 19.1 Å². The number of hydrogen-bond donors (Lipinski definition) is 1. The van der Waals surface area contributed by atoms with Crippen LogP contribution in [-0.4, -0.2) is 35.5 Å². The van der Waals surface area contributed by atoms with Crippen molar-refractivity contribution in [3.63, 3.8) is 0 Å². The molecule has 0 atom stereocenters. The van der Waals surface area contributed by atoms with Gasteiger partial charge in [0.15, 0.2) is 11.6 Å². The van der Waals surface area contributed by atoms with E-state index in [1.165, 1.54) is 4.68 Å². The minimum atomic E-state index is -0.434. The Balaban J connectivity index is 1.84. The average Bonchev–Trinajstić information content (AvgIpc) is 3.08. The van der Waals surface area contributed by atoms with Crippen molar-refractivity contribution in [1.29, 1.82) is 0 Å². The summed E-state index contributed by atoms with van der Waals surface area (Å²) >= 11 is 0. The van der Waals surface area contributed by atoms with Gasteiger partial charge in [0, 0.05) is 32.4 Å². The van der Waals surface area contributed by atoms with Crippen LogP contribution in [0, 0.1) is 5.82 Å². The fourth-order valence-electron chi connectivity index (χ4n) is 2.79. The molecule has 0 aliphatic heterocycles. The first-order chi connectivity index (χ1) is 13.6. The number of aromatic nitrogens is 2. The molecule has 0 saturated heterocycles. The van der Waals surface area contributed by atoms with Crippen LogP contribution in [0.2, 0.25) is 0 Å². The van der Waals surface area contributed by atoms with Crippen LogP contribution in [0.5, 0.6) is 5.75 Å². The van der Waals surface area contributed by atoms with Crippen LogP contribution in [0.3, 0.4) is 0 Å². The number of nitrogens with one attached hydrogen (secondary N) is 1. The quantitative estimate of drug-likeness (QED) is 0.561. The molecule has 0 spiro atoms. The number of carbonyl (C=O) groups is 1. The molecule has 0 aliphatic carbocycles. The number of unbranched alkanes of at least 4 members (excludes halogenated alkanes) is 2. The molecule has 2 aromatic rings. The standard InChI is InChI=1S/C21H30FN3O3/c1-4-17-14-18(25(3)24-17)21(26)23-15-16-10-9-11-19(20(16)22)28-13-8-6-7-12-27-5-2/h9-11,14H,4-8,12-13,15H2,1-3H3,(H,23,26). The zero-order chi connectivity index (χ0) is 20.4. The van der Waals surface area contributed by atoms with Crippen molar-refractivity contribution in [1.82, 2.24) is 15.1 Å². The van der Waals surface area contributed by atoms with Crippen LogP contribution in [-0.2, 0) is 24.8 Å². The SMILES string of the molecule is CCOCCCCCOc1cccc(CNC(=O)c2cc(CC)nn2C)c1F. The number of rotatable bonds is 12. The van der Waals surface area contributed by atoms with Crippen LogP contribution >= 0.6 is 0 Å². The summed E-state index contributed by atoms with van der Waals surface area (Å²) in [6.45, 7) is 5.96. The first-order valence-corrected chi connectivity index (χ1v) is 9.85. The van der Waals surface area contributed by atoms with E-state index in [2.05, 4.69) is 10.4 Å². The molecule has 0 aliphatic rings. The fourth-order valence-corrected chi connectivity index (χ4v) is 2.79. The number of hydrogen-bond acceptors (Lipinski definition) is 4. The fraction of sp³-hybridized carbons (Fsp3) is 0.524. The lowest BCUT2D eigenvalue weighted by molar-refractivity contribution is 0.0941. The monoisotopic (exact) mass is 391 g/mol. The molecule has 0 fully saturated rings. The van der Waals surface area contributed by atoms with E-state index in [1.807, 2.05) is 13.8 Å². The average molecular weight is 391 g/mol. The zero-order valence-corrected chi connectivity index (χ0v) is 17.0. The summed E-state index contributed by atoms with van der Waals surface area (Å²) in [6, 6.07) is 6.73. The van der Waals surface area contributed by atoms with Gasteiger partial charge in [-0.2, -0.15) is 5.10 Å². The van der Waals surface area contributed by atoms with Gasteiger partial charge in [-0.3, -0.25) is 9.48 Å². The molecule has 0 bridgehead atoms. The normalized spacial score (nSPS) is 10.9. The Bertz CT molecular complexity index is 761. The summed E-state index contributed by atoms with van der Waals surface area (Å²) < 4.78 is 27.0. The van der Waals surface area contributed by atoms with Crippen molar-refractivity contribution in [2.24, 2.45) is 7.05 Å². The molecule has 2 rings (SSSR count). The van der Waals surface area contributed by atoms with E-state index >= 15 is 0 Å². The van der Waals surface area contributed by atoms with Crippen LogP contribution in [0.25, 0.3) is 0 Å². The van der Waals surface area contributed by atoms with Gasteiger partial charge < -0.3 is 14.8 Å². The van der Waals surface area contributed by atoms with Crippen molar-refractivity contribution in [2.75, 3.05) is 19.8 Å². The highest BCUT2D eigenvalue weighted by molar-refractivity contribution is 5.92. The van der Waals surface area contributed by atoms with Gasteiger partial charge in [0.25, 0.3) is 5.91 Å². The Morgan fingerprint density at radius 1 is 1.21 bits per heavy atom. The molecule has 154 valence electrons. The molecule has 1 heterocycles. The first-order valence-electron chi connectivity index (χ1n) is 9.85. The second-order valence-corrected chi connectivity index (χ2v) is 6.52. The summed E-state index contributed by atoms with van der Waals surface area (Å²) in [4.78, 5) is 12.3. The minimum absolute atomic E-state index is 0.0862. The highest BCUT2D eigenvalue weighted by Crippen LogP contribution is 2.21. The van der Waals surface area contributed by atoms with Crippen LogP contribution in [0.1, 0.15) is 54.9 Å². The van der Waals surface area contributed by atoms with Crippen molar-refractivity contribution >= 4 is 5.91 Å². The molecule has 1 aromatic carbocycles. The molecular formula is C21H30FN3O3. The predicted molar refractivity (Wildman–Crippen MR) is 106 cm³/mol. The lowest BCUT2D eigenvalue weighted by Crippen LogP contribution is -2.25. The summed E-state index contributed by atoms with van der Waals surface area (Å²) in [5, 5.41) is 7.00. The number of carbonyl (C=O) groups excluding carboxylic acids is 1. The Hall–Kier alpha value is -2.41.